The molecule has 0 saturated heterocycles. The van der Waals surface area contributed by atoms with Crippen molar-refractivity contribution >= 4 is 34.1 Å². The number of aromatic nitrogens is 5. The van der Waals surface area contributed by atoms with Crippen LogP contribution in [0.5, 0.6) is 5.75 Å². The first-order valence-electron chi connectivity index (χ1n) is 8.99. The van der Waals surface area contributed by atoms with Crippen LogP contribution >= 0.6 is 23.1 Å². The molecule has 3 heterocycles. The molecule has 1 N–H and O–H groups in total. The minimum Gasteiger partial charge on any atom is -0.495 e. The minimum atomic E-state index is -0.158. The number of hydrogen-bond acceptors (Lipinski definition) is 8. The number of nitrogens with zero attached hydrogens (tertiary/aromatic N) is 5. The summed E-state index contributed by atoms with van der Waals surface area (Å²) in [6.45, 7) is 1.89. The normalized spacial score (nSPS) is 10.7. The molecule has 0 bridgehead atoms. The third kappa shape index (κ3) is 4.34. The highest BCUT2D eigenvalue weighted by Crippen LogP contribution is 2.32. The number of hydrogen-bond donors (Lipinski definition) is 1. The van der Waals surface area contributed by atoms with E-state index in [-0.39, 0.29) is 11.7 Å². The molecule has 0 spiro atoms. The number of anilines is 1. The van der Waals surface area contributed by atoms with E-state index in [4.69, 9.17) is 4.74 Å². The van der Waals surface area contributed by atoms with E-state index in [2.05, 4.69) is 25.5 Å². The number of aryl methyl sites for hydroxylation is 1. The van der Waals surface area contributed by atoms with Crippen molar-refractivity contribution in [3.05, 3.63) is 59.9 Å². The third-order valence-electron chi connectivity index (χ3n) is 4.10. The number of benzene rings is 1. The molecular formula is C20H18N6O2S2. The fraction of sp³-hybridized carbons (Fsp3) is 0.150. The Morgan fingerprint density at radius 2 is 2.00 bits per heavy atom. The average Bonchev–Trinajstić information content (AvgIpc) is 3.38. The van der Waals surface area contributed by atoms with Gasteiger partial charge in [0.25, 0.3) is 0 Å². The van der Waals surface area contributed by atoms with Crippen molar-refractivity contribution in [1.29, 1.82) is 0 Å². The molecule has 1 aromatic carbocycles. The van der Waals surface area contributed by atoms with E-state index < -0.39 is 0 Å². The van der Waals surface area contributed by atoms with Crippen LogP contribution in [0.4, 0.5) is 5.13 Å². The smallest absolute Gasteiger partial charge is 0.236 e. The summed E-state index contributed by atoms with van der Waals surface area (Å²) in [5.41, 5.74) is 2.52. The second-order valence-corrected chi connectivity index (χ2v) is 7.98. The van der Waals surface area contributed by atoms with Crippen molar-refractivity contribution in [2.24, 2.45) is 0 Å². The van der Waals surface area contributed by atoms with Gasteiger partial charge in [0, 0.05) is 23.3 Å². The predicted molar refractivity (Wildman–Crippen MR) is 117 cm³/mol. The van der Waals surface area contributed by atoms with Crippen LogP contribution in [0.15, 0.2) is 59.3 Å². The summed E-state index contributed by atoms with van der Waals surface area (Å²) in [4.78, 5) is 20.7. The quantitative estimate of drug-likeness (QED) is 0.438. The van der Waals surface area contributed by atoms with Crippen LogP contribution in [-0.2, 0) is 4.79 Å². The highest BCUT2D eigenvalue weighted by molar-refractivity contribution is 7.99. The molecule has 0 aliphatic heterocycles. The summed E-state index contributed by atoms with van der Waals surface area (Å²) in [7, 11) is 1.62. The van der Waals surface area contributed by atoms with Crippen LogP contribution < -0.4 is 10.1 Å². The number of pyridine rings is 1. The van der Waals surface area contributed by atoms with E-state index in [9.17, 15) is 4.79 Å². The highest BCUT2D eigenvalue weighted by Gasteiger charge is 2.20. The van der Waals surface area contributed by atoms with Gasteiger partial charge >= 0.3 is 0 Å². The summed E-state index contributed by atoms with van der Waals surface area (Å²) >= 11 is 2.69. The van der Waals surface area contributed by atoms with Crippen LogP contribution in [0.2, 0.25) is 0 Å². The number of thiazole rings is 1. The molecule has 1 amide bonds. The number of rotatable bonds is 7. The van der Waals surface area contributed by atoms with Crippen LogP contribution in [0.25, 0.3) is 17.1 Å². The molecule has 152 valence electrons. The first kappa shape index (κ1) is 20.0. The molecule has 0 fully saturated rings. The molecule has 30 heavy (non-hydrogen) atoms. The molecule has 4 aromatic rings. The average molecular weight is 439 g/mol. The number of para-hydroxylation sites is 2. The number of nitrogens with one attached hydrogen (secondary N) is 1. The fourth-order valence-electron chi connectivity index (χ4n) is 2.78. The minimum absolute atomic E-state index is 0.158. The summed E-state index contributed by atoms with van der Waals surface area (Å²) in [5, 5.41) is 14.6. The molecule has 3 aromatic heterocycles. The summed E-state index contributed by atoms with van der Waals surface area (Å²) in [5.74, 6) is 1.33. The van der Waals surface area contributed by atoms with Crippen LogP contribution in [0.3, 0.4) is 0 Å². The first-order valence-corrected chi connectivity index (χ1v) is 10.9. The topological polar surface area (TPSA) is 94.8 Å². The second-order valence-electron chi connectivity index (χ2n) is 6.18. The Bertz CT molecular complexity index is 1160. The molecular weight excluding hydrogens is 420 g/mol. The zero-order chi connectivity index (χ0) is 20.9. The largest absolute Gasteiger partial charge is 0.495 e. The lowest BCUT2D eigenvalue weighted by Crippen LogP contribution is -2.14. The van der Waals surface area contributed by atoms with E-state index in [1.807, 2.05) is 53.3 Å². The molecule has 0 saturated carbocycles. The Hall–Kier alpha value is -3.24. The van der Waals surface area contributed by atoms with Gasteiger partial charge in [-0.2, -0.15) is 0 Å². The van der Waals surface area contributed by atoms with Crippen LogP contribution in [0.1, 0.15) is 5.69 Å². The van der Waals surface area contributed by atoms with E-state index in [0.29, 0.717) is 21.9 Å². The van der Waals surface area contributed by atoms with Crippen molar-refractivity contribution in [3.8, 4) is 22.8 Å². The van der Waals surface area contributed by atoms with Gasteiger partial charge in [0.15, 0.2) is 16.1 Å². The number of thioether (sulfide) groups is 1. The SMILES string of the molecule is COc1ccccc1-n1c(SCC(=O)Nc2nc(C)cs2)nnc1-c1ccncc1. The Balaban J connectivity index is 1.64. The first-order chi connectivity index (χ1) is 14.7. The van der Waals surface area contributed by atoms with Gasteiger partial charge in [0.2, 0.25) is 5.91 Å². The van der Waals surface area contributed by atoms with Gasteiger partial charge in [-0.25, -0.2) is 4.98 Å². The standard InChI is InChI=1S/C20H18N6O2S2/c1-13-11-29-19(22-13)23-17(27)12-30-20-25-24-18(14-7-9-21-10-8-14)26(20)15-5-3-4-6-16(15)28-2/h3-11H,12H2,1-2H3,(H,22,23,27). The maximum Gasteiger partial charge on any atom is 0.236 e. The third-order valence-corrected chi connectivity index (χ3v) is 5.90. The van der Waals surface area contributed by atoms with Crippen LogP contribution in [-0.4, -0.2) is 43.5 Å². The van der Waals surface area contributed by atoms with Gasteiger partial charge in [-0.15, -0.1) is 21.5 Å². The van der Waals surface area contributed by atoms with Gasteiger partial charge in [-0.3, -0.25) is 14.3 Å². The van der Waals surface area contributed by atoms with E-state index in [0.717, 1.165) is 16.9 Å². The lowest BCUT2D eigenvalue weighted by Gasteiger charge is -2.13. The summed E-state index contributed by atoms with van der Waals surface area (Å²) in [6.07, 6.45) is 3.40. The number of ether oxygens (including phenoxy) is 1. The van der Waals surface area contributed by atoms with Crippen molar-refractivity contribution in [2.45, 2.75) is 12.1 Å². The molecule has 0 aliphatic rings. The maximum atomic E-state index is 12.4. The van der Waals surface area contributed by atoms with E-state index in [1.54, 1.807) is 19.5 Å². The Morgan fingerprint density at radius 1 is 1.20 bits per heavy atom. The van der Waals surface area contributed by atoms with Gasteiger partial charge in [0.1, 0.15) is 5.75 Å². The van der Waals surface area contributed by atoms with E-state index >= 15 is 0 Å². The Labute approximate surface area is 181 Å². The van der Waals surface area contributed by atoms with Gasteiger partial charge in [-0.05, 0) is 31.2 Å². The molecule has 10 heteroatoms. The van der Waals surface area contributed by atoms with E-state index in [1.165, 1.54) is 23.1 Å². The lowest BCUT2D eigenvalue weighted by atomic mass is 10.2. The summed E-state index contributed by atoms with van der Waals surface area (Å²) in [6, 6.07) is 11.3. The lowest BCUT2D eigenvalue weighted by molar-refractivity contribution is -0.113. The molecule has 0 aliphatic carbocycles. The molecule has 0 atom stereocenters. The monoisotopic (exact) mass is 438 g/mol. The number of amides is 1. The number of methoxy groups -OCH3 is 1. The van der Waals surface area contributed by atoms with Crippen molar-refractivity contribution in [1.82, 2.24) is 24.7 Å². The molecule has 8 nitrogen and oxygen atoms in total. The number of carbonyl (C=O) groups excluding carboxylic acids is 1. The highest BCUT2D eigenvalue weighted by atomic mass is 32.2. The molecule has 4 rings (SSSR count). The molecule has 0 radical (unpaired) electrons. The van der Waals surface area contributed by atoms with Crippen LogP contribution in [0, 0.1) is 6.92 Å². The number of carbonyl (C=O) groups is 1. The fourth-order valence-corrected chi connectivity index (χ4v) is 4.23. The van der Waals surface area contributed by atoms with Crippen molar-refractivity contribution in [2.75, 3.05) is 18.2 Å². The maximum absolute atomic E-state index is 12.4. The van der Waals surface area contributed by atoms with Gasteiger partial charge in [0.05, 0.1) is 24.2 Å². The second kappa shape index (κ2) is 9.06. The van der Waals surface area contributed by atoms with Crippen molar-refractivity contribution in [3.63, 3.8) is 0 Å². The Morgan fingerprint density at radius 3 is 2.73 bits per heavy atom. The van der Waals surface area contributed by atoms with Gasteiger partial charge in [-0.1, -0.05) is 23.9 Å². The van der Waals surface area contributed by atoms with Gasteiger partial charge < -0.3 is 10.1 Å². The summed E-state index contributed by atoms with van der Waals surface area (Å²) < 4.78 is 7.43. The Kier molecular flexibility index (Phi) is 6.05. The molecule has 0 unspecified atom stereocenters. The van der Waals surface area contributed by atoms with Crippen molar-refractivity contribution < 1.29 is 9.53 Å². The zero-order valence-corrected chi connectivity index (χ0v) is 17.9. The predicted octanol–water partition coefficient (Wildman–Crippen LogP) is 3.83. The zero-order valence-electron chi connectivity index (χ0n) is 16.3.